The molecule has 2 rings (SSSR count). The van der Waals surface area contributed by atoms with Gasteiger partial charge in [0, 0.05) is 12.6 Å². The molecule has 1 unspecified atom stereocenters. The van der Waals surface area contributed by atoms with Gasteiger partial charge in [0.1, 0.15) is 13.2 Å². The molecule has 0 aliphatic carbocycles. The fraction of sp³-hybridized carbons (Fsp3) is 0.778. The zero-order valence-electron chi connectivity index (χ0n) is 7.99. The Morgan fingerprint density at radius 3 is 2.64 bits per heavy atom. The Bertz CT molecular complexity index is 232. The molecule has 14 heavy (non-hydrogen) atoms. The lowest BCUT2D eigenvalue weighted by atomic mass is 10.2. The fourth-order valence-electron chi connectivity index (χ4n) is 1.86. The molecule has 1 atom stereocenters. The molecule has 2 fully saturated rings. The van der Waals surface area contributed by atoms with E-state index in [1.54, 1.807) is 0 Å². The Morgan fingerprint density at radius 1 is 1.36 bits per heavy atom. The van der Waals surface area contributed by atoms with Gasteiger partial charge in [-0.3, -0.25) is 14.5 Å². The standard InChI is InChI=1S/C9H14N2O3/c12-8-5-14-6-9(13)11(8)4-7-2-1-3-10-7/h7,10H,1-6H2. The first-order valence-electron chi connectivity index (χ1n) is 4.91. The van der Waals surface area contributed by atoms with Crippen LogP contribution in [0.15, 0.2) is 0 Å². The van der Waals surface area contributed by atoms with Crippen LogP contribution in [-0.4, -0.2) is 49.1 Å². The number of hydrogen-bond donors (Lipinski definition) is 1. The van der Waals surface area contributed by atoms with Crippen LogP contribution in [0.25, 0.3) is 0 Å². The van der Waals surface area contributed by atoms with Crippen LogP contribution in [0.4, 0.5) is 0 Å². The zero-order valence-corrected chi connectivity index (χ0v) is 7.99. The van der Waals surface area contributed by atoms with Crippen LogP contribution in [0.5, 0.6) is 0 Å². The lowest BCUT2D eigenvalue weighted by molar-refractivity contribution is -0.158. The number of rotatable bonds is 2. The molecule has 0 bridgehead atoms. The van der Waals surface area contributed by atoms with Gasteiger partial charge in [0.15, 0.2) is 0 Å². The SMILES string of the molecule is O=C1COCC(=O)N1CC1CCCN1. The van der Waals surface area contributed by atoms with E-state index in [-0.39, 0.29) is 31.1 Å². The van der Waals surface area contributed by atoms with Crippen molar-refractivity contribution in [1.82, 2.24) is 10.2 Å². The number of amides is 2. The van der Waals surface area contributed by atoms with E-state index in [0.29, 0.717) is 6.54 Å². The molecule has 2 aliphatic heterocycles. The molecule has 0 aromatic carbocycles. The number of carbonyl (C=O) groups is 2. The molecule has 0 aromatic heterocycles. The van der Waals surface area contributed by atoms with E-state index in [9.17, 15) is 9.59 Å². The minimum atomic E-state index is -0.213. The van der Waals surface area contributed by atoms with E-state index < -0.39 is 0 Å². The maximum absolute atomic E-state index is 11.3. The molecule has 0 spiro atoms. The number of imide groups is 1. The van der Waals surface area contributed by atoms with Gasteiger partial charge < -0.3 is 10.1 Å². The summed E-state index contributed by atoms with van der Waals surface area (Å²) in [4.78, 5) is 24.0. The summed E-state index contributed by atoms with van der Waals surface area (Å²) in [6.07, 6.45) is 2.16. The van der Waals surface area contributed by atoms with Crippen molar-refractivity contribution < 1.29 is 14.3 Å². The molecule has 78 valence electrons. The second kappa shape index (κ2) is 4.06. The van der Waals surface area contributed by atoms with Crippen molar-refractivity contribution >= 4 is 11.8 Å². The number of carbonyl (C=O) groups excluding carboxylic acids is 2. The molecule has 1 N–H and O–H groups in total. The van der Waals surface area contributed by atoms with Gasteiger partial charge in [0.05, 0.1) is 0 Å². The molecule has 0 radical (unpaired) electrons. The van der Waals surface area contributed by atoms with Gasteiger partial charge in [-0.05, 0) is 19.4 Å². The molecule has 0 aromatic rings. The van der Waals surface area contributed by atoms with Crippen molar-refractivity contribution in [3.05, 3.63) is 0 Å². The van der Waals surface area contributed by atoms with E-state index >= 15 is 0 Å². The van der Waals surface area contributed by atoms with Crippen molar-refractivity contribution in [3.8, 4) is 0 Å². The molecule has 2 heterocycles. The van der Waals surface area contributed by atoms with E-state index in [4.69, 9.17) is 4.74 Å². The zero-order chi connectivity index (χ0) is 9.97. The predicted molar refractivity (Wildman–Crippen MR) is 48.6 cm³/mol. The Morgan fingerprint density at radius 2 is 2.07 bits per heavy atom. The summed E-state index contributed by atoms with van der Waals surface area (Å²) in [6, 6.07) is 0.279. The van der Waals surface area contributed by atoms with E-state index in [2.05, 4.69) is 5.32 Å². The topological polar surface area (TPSA) is 58.6 Å². The summed E-state index contributed by atoms with van der Waals surface area (Å²) in [5, 5.41) is 3.26. The highest BCUT2D eigenvalue weighted by atomic mass is 16.5. The van der Waals surface area contributed by atoms with E-state index in [0.717, 1.165) is 19.4 Å². The first-order chi connectivity index (χ1) is 6.77. The van der Waals surface area contributed by atoms with Gasteiger partial charge in [-0.25, -0.2) is 0 Å². The average Bonchev–Trinajstić information content (AvgIpc) is 2.64. The second-order valence-corrected chi connectivity index (χ2v) is 3.68. The van der Waals surface area contributed by atoms with E-state index in [1.165, 1.54) is 4.90 Å². The van der Waals surface area contributed by atoms with Crippen molar-refractivity contribution in [1.29, 1.82) is 0 Å². The van der Waals surface area contributed by atoms with Gasteiger partial charge in [0.25, 0.3) is 11.8 Å². The highest BCUT2D eigenvalue weighted by Gasteiger charge is 2.29. The van der Waals surface area contributed by atoms with Gasteiger partial charge in [-0.2, -0.15) is 0 Å². The number of morpholine rings is 1. The Kier molecular flexibility index (Phi) is 2.79. The van der Waals surface area contributed by atoms with Crippen LogP contribution in [0.2, 0.25) is 0 Å². The third kappa shape index (κ3) is 1.93. The van der Waals surface area contributed by atoms with Gasteiger partial charge >= 0.3 is 0 Å². The Labute approximate surface area is 82.4 Å². The molecule has 5 heteroatoms. The van der Waals surface area contributed by atoms with Gasteiger partial charge in [-0.15, -0.1) is 0 Å². The molecular formula is C9H14N2O3. The minimum absolute atomic E-state index is 0.0401. The number of nitrogens with zero attached hydrogens (tertiary/aromatic N) is 1. The highest BCUT2D eigenvalue weighted by Crippen LogP contribution is 2.09. The van der Waals surface area contributed by atoms with E-state index in [1.807, 2.05) is 0 Å². The number of ether oxygens (including phenoxy) is 1. The lowest BCUT2D eigenvalue weighted by Crippen LogP contribution is -2.50. The largest absolute Gasteiger partial charge is 0.362 e. The van der Waals surface area contributed by atoms with Crippen molar-refractivity contribution in [2.75, 3.05) is 26.3 Å². The number of hydrogen-bond acceptors (Lipinski definition) is 4. The average molecular weight is 198 g/mol. The second-order valence-electron chi connectivity index (χ2n) is 3.68. The molecule has 0 saturated carbocycles. The maximum Gasteiger partial charge on any atom is 0.255 e. The van der Waals surface area contributed by atoms with Crippen LogP contribution in [0.1, 0.15) is 12.8 Å². The van der Waals surface area contributed by atoms with Crippen LogP contribution in [-0.2, 0) is 14.3 Å². The summed E-state index contributed by atoms with van der Waals surface area (Å²) < 4.78 is 4.83. The Hall–Kier alpha value is -0.940. The molecular weight excluding hydrogens is 184 g/mol. The summed E-state index contributed by atoms with van der Waals surface area (Å²) in [6.45, 7) is 1.56. The van der Waals surface area contributed by atoms with Crippen molar-refractivity contribution in [3.63, 3.8) is 0 Å². The third-order valence-corrected chi connectivity index (χ3v) is 2.62. The highest BCUT2D eigenvalue weighted by molar-refractivity contribution is 5.98. The first-order valence-corrected chi connectivity index (χ1v) is 4.91. The molecule has 2 aliphatic rings. The summed E-state index contributed by atoms with van der Waals surface area (Å²) >= 11 is 0. The quantitative estimate of drug-likeness (QED) is 0.586. The smallest absolute Gasteiger partial charge is 0.255 e. The third-order valence-electron chi connectivity index (χ3n) is 2.62. The summed E-state index contributed by atoms with van der Waals surface area (Å²) in [7, 11) is 0. The van der Waals surface area contributed by atoms with Crippen LogP contribution >= 0.6 is 0 Å². The molecule has 2 saturated heterocycles. The fourth-order valence-corrected chi connectivity index (χ4v) is 1.86. The van der Waals surface area contributed by atoms with Gasteiger partial charge in [0.2, 0.25) is 0 Å². The summed E-state index contributed by atoms with van der Waals surface area (Å²) in [5.74, 6) is -0.426. The molecule has 5 nitrogen and oxygen atoms in total. The predicted octanol–water partition coefficient (Wildman–Crippen LogP) is -0.876. The van der Waals surface area contributed by atoms with Crippen molar-refractivity contribution in [2.24, 2.45) is 0 Å². The normalized spacial score (nSPS) is 28.6. The van der Waals surface area contributed by atoms with Gasteiger partial charge in [-0.1, -0.05) is 0 Å². The lowest BCUT2D eigenvalue weighted by Gasteiger charge is -2.27. The maximum atomic E-state index is 11.3. The van der Waals surface area contributed by atoms with Crippen molar-refractivity contribution in [2.45, 2.75) is 18.9 Å². The summed E-state index contributed by atoms with van der Waals surface area (Å²) in [5.41, 5.74) is 0. The molecule has 2 amide bonds. The van der Waals surface area contributed by atoms with Crippen LogP contribution in [0.3, 0.4) is 0 Å². The minimum Gasteiger partial charge on any atom is -0.362 e. The first kappa shape index (κ1) is 9.61. The van der Waals surface area contributed by atoms with Crippen LogP contribution in [0, 0.1) is 0 Å². The number of nitrogens with one attached hydrogen (secondary N) is 1. The monoisotopic (exact) mass is 198 g/mol. The van der Waals surface area contributed by atoms with Crippen LogP contribution < -0.4 is 5.32 Å². The Balaban J connectivity index is 1.93.